The Morgan fingerprint density at radius 1 is 1.21 bits per heavy atom. The second-order valence-electron chi connectivity index (χ2n) is 6.60. The molecule has 2 N–H and O–H groups in total. The lowest BCUT2D eigenvalue weighted by molar-refractivity contribution is -0.149. The number of ether oxygens (including phenoxy) is 3. The van der Waals surface area contributed by atoms with Crippen LogP contribution in [0.4, 0.5) is 4.79 Å². The standard InChI is InChI=1S/C20H24N2O6/c1-3-14-17(19(24)26-4-2)15(22-20(25)21-14)11-28-18(23)13-9-12-7-5-6-8-16(12)27-10-13/h5-8,13-14H,3-4,9-11H2,1-2H3,(H2,21,22,25)/t13-,14+/m1/s1. The summed E-state index contributed by atoms with van der Waals surface area (Å²) in [5.41, 5.74) is 1.48. The lowest BCUT2D eigenvalue weighted by Gasteiger charge is -2.29. The normalized spacial score (nSPS) is 21.0. The maximum Gasteiger partial charge on any atom is 0.338 e. The molecule has 0 bridgehead atoms. The minimum atomic E-state index is -0.539. The topological polar surface area (TPSA) is 103 Å². The van der Waals surface area contributed by atoms with Crippen molar-refractivity contribution in [2.24, 2.45) is 5.92 Å². The molecule has 0 aromatic heterocycles. The van der Waals surface area contributed by atoms with Gasteiger partial charge in [-0.25, -0.2) is 9.59 Å². The number of hydrogen-bond donors (Lipinski definition) is 2. The number of esters is 2. The number of urea groups is 1. The summed E-state index contributed by atoms with van der Waals surface area (Å²) in [5, 5.41) is 5.24. The van der Waals surface area contributed by atoms with Crippen LogP contribution in [0.5, 0.6) is 5.75 Å². The minimum Gasteiger partial charge on any atom is -0.492 e. The molecule has 0 aliphatic carbocycles. The van der Waals surface area contributed by atoms with Gasteiger partial charge in [-0.05, 0) is 31.4 Å². The summed E-state index contributed by atoms with van der Waals surface area (Å²) in [5.74, 6) is -0.648. The first-order valence-corrected chi connectivity index (χ1v) is 9.38. The van der Waals surface area contributed by atoms with E-state index in [9.17, 15) is 14.4 Å². The Balaban J connectivity index is 1.70. The van der Waals surface area contributed by atoms with Crippen LogP contribution < -0.4 is 15.4 Å². The maximum absolute atomic E-state index is 12.5. The molecule has 1 aromatic rings. The maximum atomic E-state index is 12.5. The van der Waals surface area contributed by atoms with Crippen LogP contribution in [-0.4, -0.2) is 43.8 Å². The molecule has 2 amide bonds. The largest absolute Gasteiger partial charge is 0.492 e. The van der Waals surface area contributed by atoms with Gasteiger partial charge in [0.05, 0.1) is 29.8 Å². The predicted octanol–water partition coefficient (Wildman–Crippen LogP) is 1.69. The lowest BCUT2D eigenvalue weighted by Crippen LogP contribution is -2.51. The second-order valence-corrected chi connectivity index (χ2v) is 6.60. The molecule has 1 aromatic carbocycles. The van der Waals surface area contributed by atoms with Gasteiger partial charge < -0.3 is 24.8 Å². The van der Waals surface area contributed by atoms with Gasteiger partial charge in [-0.2, -0.15) is 0 Å². The van der Waals surface area contributed by atoms with Crippen molar-refractivity contribution in [2.45, 2.75) is 32.7 Å². The first-order valence-electron chi connectivity index (χ1n) is 9.38. The van der Waals surface area contributed by atoms with E-state index < -0.39 is 29.9 Å². The van der Waals surface area contributed by atoms with Crippen LogP contribution in [-0.2, 0) is 25.5 Å². The number of rotatable bonds is 6. The molecule has 0 spiro atoms. The molecule has 3 rings (SSSR count). The first-order chi connectivity index (χ1) is 13.5. The van der Waals surface area contributed by atoms with Crippen molar-refractivity contribution in [2.75, 3.05) is 19.8 Å². The van der Waals surface area contributed by atoms with Crippen LogP contribution in [0.25, 0.3) is 0 Å². The van der Waals surface area contributed by atoms with Gasteiger partial charge in [0.1, 0.15) is 19.0 Å². The Kier molecular flexibility index (Phi) is 6.18. The van der Waals surface area contributed by atoms with Gasteiger partial charge in [0.15, 0.2) is 0 Å². The Morgan fingerprint density at radius 3 is 2.75 bits per heavy atom. The first kappa shape index (κ1) is 19.7. The Hall–Kier alpha value is -3.03. The van der Waals surface area contributed by atoms with Crippen molar-refractivity contribution >= 4 is 18.0 Å². The van der Waals surface area contributed by atoms with Gasteiger partial charge in [-0.1, -0.05) is 25.1 Å². The monoisotopic (exact) mass is 388 g/mol. The number of para-hydroxylation sites is 1. The van der Waals surface area contributed by atoms with Gasteiger partial charge in [0.2, 0.25) is 0 Å². The molecular formula is C20H24N2O6. The summed E-state index contributed by atoms with van der Waals surface area (Å²) in [6, 6.07) is 6.61. The third-order valence-electron chi connectivity index (χ3n) is 4.72. The quantitative estimate of drug-likeness (QED) is 0.719. The number of carbonyl (C=O) groups is 3. The fourth-order valence-electron chi connectivity index (χ4n) is 3.32. The Bertz CT molecular complexity index is 804. The van der Waals surface area contributed by atoms with Gasteiger partial charge in [-0.15, -0.1) is 0 Å². The molecule has 0 saturated heterocycles. The van der Waals surface area contributed by atoms with E-state index in [1.54, 1.807) is 6.92 Å². The second kappa shape index (κ2) is 8.77. The van der Waals surface area contributed by atoms with Crippen molar-refractivity contribution in [3.63, 3.8) is 0 Å². The molecule has 0 fully saturated rings. The fourth-order valence-corrected chi connectivity index (χ4v) is 3.32. The van der Waals surface area contributed by atoms with Crippen LogP contribution >= 0.6 is 0 Å². The van der Waals surface area contributed by atoms with E-state index in [4.69, 9.17) is 14.2 Å². The highest BCUT2D eigenvalue weighted by Crippen LogP contribution is 2.27. The molecule has 2 heterocycles. The summed E-state index contributed by atoms with van der Waals surface area (Å²) in [7, 11) is 0. The van der Waals surface area contributed by atoms with Crippen LogP contribution in [0.1, 0.15) is 25.8 Å². The van der Waals surface area contributed by atoms with Crippen molar-refractivity contribution in [3.8, 4) is 5.75 Å². The average molecular weight is 388 g/mol. The number of fused-ring (bicyclic) bond motifs is 1. The van der Waals surface area contributed by atoms with E-state index in [0.717, 1.165) is 11.3 Å². The van der Waals surface area contributed by atoms with Gasteiger partial charge >= 0.3 is 18.0 Å². The highest BCUT2D eigenvalue weighted by molar-refractivity contribution is 5.94. The van der Waals surface area contributed by atoms with Crippen LogP contribution in [0.15, 0.2) is 35.5 Å². The number of carbonyl (C=O) groups excluding carboxylic acids is 3. The zero-order chi connectivity index (χ0) is 20.1. The van der Waals surface area contributed by atoms with E-state index in [-0.39, 0.29) is 31.1 Å². The van der Waals surface area contributed by atoms with Crippen molar-refractivity contribution in [1.29, 1.82) is 0 Å². The smallest absolute Gasteiger partial charge is 0.338 e. The van der Waals surface area contributed by atoms with E-state index in [0.29, 0.717) is 12.8 Å². The zero-order valence-corrected chi connectivity index (χ0v) is 15.9. The summed E-state index contributed by atoms with van der Waals surface area (Å²) in [6.07, 6.45) is 1.02. The number of amides is 2. The van der Waals surface area contributed by atoms with Gasteiger partial charge in [0.25, 0.3) is 0 Å². The molecule has 28 heavy (non-hydrogen) atoms. The molecule has 150 valence electrons. The highest BCUT2D eigenvalue weighted by atomic mass is 16.5. The summed E-state index contributed by atoms with van der Waals surface area (Å²) in [6.45, 7) is 3.77. The van der Waals surface area contributed by atoms with Gasteiger partial charge in [0, 0.05) is 0 Å². The third kappa shape index (κ3) is 4.27. The van der Waals surface area contributed by atoms with Crippen molar-refractivity contribution in [3.05, 3.63) is 41.1 Å². The third-order valence-corrected chi connectivity index (χ3v) is 4.72. The SMILES string of the molecule is CCOC(=O)C1=C(COC(=O)[C@H]2COc3ccccc3C2)NC(=O)N[C@H]1CC. The predicted molar refractivity (Wildman–Crippen MR) is 99.5 cm³/mol. The Morgan fingerprint density at radius 2 is 2.00 bits per heavy atom. The highest BCUT2D eigenvalue weighted by Gasteiger charge is 2.33. The molecule has 2 atom stereocenters. The number of nitrogens with one attached hydrogen (secondary N) is 2. The molecule has 2 aliphatic heterocycles. The van der Waals surface area contributed by atoms with E-state index in [1.165, 1.54) is 0 Å². The minimum absolute atomic E-state index is 0.207. The molecule has 0 saturated carbocycles. The number of hydrogen-bond acceptors (Lipinski definition) is 6. The van der Waals surface area contributed by atoms with Crippen LogP contribution in [0, 0.1) is 5.92 Å². The summed E-state index contributed by atoms with van der Waals surface area (Å²) >= 11 is 0. The van der Waals surface area contributed by atoms with Crippen molar-refractivity contribution < 1.29 is 28.6 Å². The van der Waals surface area contributed by atoms with Crippen LogP contribution in [0.2, 0.25) is 0 Å². The molecule has 8 nitrogen and oxygen atoms in total. The molecule has 2 aliphatic rings. The summed E-state index contributed by atoms with van der Waals surface area (Å²) in [4.78, 5) is 36.7. The number of benzene rings is 1. The van der Waals surface area contributed by atoms with Gasteiger partial charge in [-0.3, -0.25) is 4.79 Å². The van der Waals surface area contributed by atoms with E-state index in [2.05, 4.69) is 10.6 Å². The average Bonchev–Trinajstić information content (AvgIpc) is 2.71. The van der Waals surface area contributed by atoms with Crippen molar-refractivity contribution in [1.82, 2.24) is 10.6 Å². The molecule has 0 unspecified atom stereocenters. The molecule has 0 radical (unpaired) electrons. The fraction of sp³-hybridized carbons (Fsp3) is 0.450. The molecular weight excluding hydrogens is 364 g/mol. The lowest BCUT2D eigenvalue weighted by atomic mass is 9.97. The van der Waals surface area contributed by atoms with E-state index >= 15 is 0 Å². The van der Waals surface area contributed by atoms with Crippen LogP contribution in [0.3, 0.4) is 0 Å². The molecule has 8 heteroatoms. The summed E-state index contributed by atoms with van der Waals surface area (Å²) < 4.78 is 16.1. The Labute approximate surface area is 163 Å². The zero-order valence-electron chi connectivity index (χ0n) is 15.9. The van der Waals surface area contributed by atoms with E-state index in [1.807, 2.05) is 31.2 Å².